The van der Waals surface area contributed by atoms with Crippen LogP contribution in [-0.2, 0) is 11.3 Å². The fourth-order valence-electron chi connectivity index (χ4n) is 5.44. The van der Waals surface area contributed by atoms with Gasteiger partial charge >= 0.3 is 0 Å². The van der Waals surface area contributed by atoms with E-state index in [1.54, 1.807) is 0 Å². The topological polar surface area (TPSA) is 35.6 Å². The van der Waals surface area contributed by atoms with Crippen LogP contribution in [0.4, 0.5) is 0 Å². The van der Waals surface area contributed by atoms with E-state index in [2.05, 4.69) is 34.3 Å². The van der Waals surface area contributed by atoms with Crippen LogP contribution in [0.1, 0.15) is 50.5 Å². The number of benzene rings is 1. The number of hydrogen-bond acceptors (Lipinski definition) is 3. The zero-order valence-corrected chi connectivity index (χ0v) is 17.2. The molecular weight excluding hydrogens is 358 g/mol. The zero-order chi connectivity index (χ0) is 18.9. The van der Waals surface area contributed by atoms with Gasteiger partial charge in [-0.2, -0.15) is 0 Å². The molecule has 2 heterocycles. The highest BCUT2D eigenvalue weighted by atomic mass is 35.5. The lowest BCUT2D eigenvalue weighted by atomic mass is 9.67. The highest BCUT2D eigenvalue weighted by molar-refractivity contribution is 6.31. The van der Waals surface area contributed by atoms with Crippen molar-refractivity contribution in [2.24, 2.45) is 5.41 Å². The first-order valence-corrected chi connectivity index (χ1v) is 10.9. The van der Waals surface area contributed by atoms with E-state index in [1.165, 1.54) is 18.4 Å². The van der Waals surface area contributed by atoms with Gasteiger partial charge in [-0.15, -0.1) is 0 Å². The van der Waals surface area contributed by atoms with Crippen LogP contribution in [0.2, 0.25) is 5.02 Å². The monoisotopic (exact) mass is 389 g/mol. The molecule has 1 aromatic rings. The average Bonchev–Trinajstić information content (AvgIpc) is 3.17. The van der Waals surface area contributed by atoms with Gasteiger partial charge in [0.15, 0.2) is 0 Å². The van der Waals surface area contributed by atoms with Crippen LogP contribution in [0.25, 0.3) is 0 Å². The summed E-state index contributed by atoms with van der Waals surface area (Å²) in [6, 6.07) is 8.78. The summed E-state index contributed by atoms with van der Waals surface area (Å²) in [6.07, 6.45) is 7.87. The SMILES string of the molecule is CN1CC[C@]2(C(=O)NC3CCCC3)CCCN(Cc3ccccc3Cl)[C@H]2C1. The first kappa shape index (κ1) is 19.2. The van der Waals surface area contributed by atoms with E-state index in [1.807, 2.05) is 12.1 Å². The number of likely N-dealkylation sites (N-methyl/N-ethyl adjacent to an activating group) is 1. The molecule has 0 bridgehead atoms. The molecular formula is C22H32ClN3O. The van der Waals surface area contributed by atoms with E-state index in [0.29, 0.717) is 11.9 Å². The summed E-state index contributed by atoms with van der Waals surface area (Å²) in [5.41, 5.74) is 0.925. The molecule has 5 heteroatoms. The molecule has 1 N–H and O–H groups in total. The van der Waals surface area contributed by atoms with E-state index < -0.39 is 0 Å². The van der Waals surface area contributed by atoms with E-state index in [0.717, 1.165) is 63.3 Å². The number of hydrogen-bond donors (Lipinski definition) is 1. The van der Waals surface area contributed by atoms with Crippen molar-refractivity contribution < 1.29 is 4.79 Å². The third-order valence-corrected chi connectivity index (χ3v) is 7.41. The zero-order valence-electron chi connectivity index (χ0n) is 16.4. The summed E-state index contributed by atoms with van der Waals surface area (Å²) >= 11 is 6.44. The number of halogens is 1. The van der Waals surface area contributed by atoms with Crippen molar-refractivity contribution in [1.29, 1.82) is 0 Å². The highest BCUT2D eigenvalue weighted by Gasteiger charge is 2.52. The van der Waals surface area contributed by atoms with Crippen LogP contribution in [-0.4, -0.2) is 54.5 Å². The predicted octanol–water partition coefficient (Wildman–Crippen LogP) is 3.69. The molecule has 3 fully saturated rings. The number of carbonyl (C=O) groups is 1. The van der Waals surface area contributed by atoms with Gasteiger partial charge in [-0.25, -0.2) is 0 Å². The summed E-state index contributed by atoms with van der Waals surface area (Å²) in [7, 11) is 2.18. The van der Waals surface area contributed by atoms with Crippen LogP contribution in [0.3, 0.4) is 0 Å². The number of nitrogens with zero attached hydrogens (tertiary/aromatic N) is 2. The number of rotatable bonds is 4. The van der Waals surface area contributed by atoms with Crippen molar-refractivity contribution in [3.05, 3.63) is 34.9 Å². The number of amides is 1. The molecule has 4 nitrogen and oxygen atoms in total. The lowest BCUT2D eigenvalue weighted by molar-refractivity contribution is -0.145. The summed E-state index contributed by atoms with van der Waals surface area (Å²) in [4.78, 5) is 18.4. The number of carbonyl (C=O) groups excluding carboxylic acids is 1. The average molecular weight is 390 g/mol. The minimum Gasteiger partial charge on any atom is -0.353 e. The molecule has 1 amide bonds. The Kier molecular flexibility index (Phi) is 5.77. The molecule has 27 heavy (non-hydrogen) atoms. The van der Waals surface area contributed by atoms with Crippen LogP contribution < -0.4 is 5.32 Å². The molecule has 148 valence electrons. The van der Waals surface area contributed by atoms with E-state index in [-0.39, 0.29) is 11.5 Å². The number of fused-ring (bicyclic) bond motifs is 1. The molecule has 2 atom stereocenters. The molecule has 0 spiro atoms. The van der Waals surface area contributed by atoms with Gasteiger partial charge in [0.1, 0.15) is 0 Å². The fraction of sp³-hybridized carbons (Fsp3) is 0.682. The normalized spacial score (nSPS) is 30.2. The molecule has 1 aliphatic carbocycles. The third-order valence-electron chi connectivity index (χ3n) is 7.04. The van der Waals surface area contributed by atoms with Gasteiger partial charge in [0.25, 0.3) is 0 Å². The van der Waals surface area contributed by atoms with E-state index >= 15 is 0 Å². The molecule has 1 aromatic carbocycles. The Morgan fingerprint density at radius 3 is 2.74 bits per heavy atom. The Morgan fingerprint density at radius 2 is 1.96 bits per heavy atom. The summed E-state index contributed by atoms with van der Waals surface area (Å²) < 4.78 is 0. The predicted molar refractivity (Wildman–Crippen MR) is 110 cm³/mol. The van der Waals surface area contributed by atoms with Crippen molar-refractivity contribution in [1.82, 2.24) is 15.1 Å². The minimum absolute atomic E-state index is 0.241. The van der Waals surface area contributed by atoms with Crippen molar-refractivity contribution in [3.63, 3.8) is 0 Å². The lowest BCUT2D eigenvalue weighted by Gasteiger charge is -2.53. The molecule has 2 saturated heterocycles. The smallest absolute Gasteiger partial charge is 0.228 e. The van der Waals surface area contributed by atoms with Crippen LogP contribution in [0.15, 0.2) is 24.3 Å². The van der Waals surface area contributed by atoms with Crippen LogP contribution >= 0.6 is 11.6 Å². The number of likely N-dealkylation sites (tertiary alicyclic amines) is 2. The van der Waals surface area contributed by atoms with Crippen LogP contribution in [0.5, 0.6) is 0 Å². The fourth-order valence-corrected chi connectivity index (χ4v) is 5.64. The number of nitrogens with one attached hydrogen (secondary N) is 1. The summed E-state index contributed by atoms with van der Waals surface area (Å²) in [6.45, 7) is 3.84. The minimum atomic E-state index is -0.241. The molecule has 0 radical (unpaired) electrons. The van der Waals surface area contributed by atoms with Crippen molar-refractivity contribution in [3.8, 4) is 0 Å². The molecule has 0 unspecified atom stereocenters. The summed E-state index contributed by atoms with van der Waals surface area (Å²) in [5.74, 6) is 0.316. The van der Waals surface area contributed by atoms with Gasteiger partial charge in [-0.3, -0.25) is 9.69 Å². The van der Waals surface area contributed by atoms with E-state index in [4.69, 9.17) is 11.6 Å². The Balaban J connectivity index is 1.57. The maximum Gasteiger partial charge on any atom is 0.228 e. The van der Waals surface area contributed by atoms with Crippen LogP contribution in [0, 0.1) is 5.41 Å². The molecule has 0 aromatic heterocycles. The van der Waals surface area contributed by atoms with Crippen molar-refractivity contribution in [2.45, 2.75) is 63.6 Å². The molecule has 3 aliphatic rings. The second-order valence-corrected chi connectivity index (χ2v) is 9.21. The molecule has 1 saturated carbocycles. The van der Waals surface area contributed by atoms with Crippen molar-refractivity contribution in [2.75, 3.05) is 26.7 Å². The first-order valence-electron chi connectivity index (χ1n) is 10.6. The Bertz CT molecular complexity index is 675. The van der Waals surface area contributed by atoms with Crippen molar-refractivity contribution >= 4 is 17.5 Å². The second kappa shape index (κ2) is 8.10. The quantitative estimate of drug-likeness (QED) is 0.853. The first-order chi connectivity index (χ1) is 13.1. The lowest BCUT2D eigenvalue weighted by Crippen LogP contribution is -2.65. The van der Waals surface area contributed by atoms with E-state index in [9.17, 15) is 4.79 Å². The highest BCUT2D eigenvalue weighted by Crippen LogP contribution is 2.43. The standard InChI is InChI=1S/C22H32ClN3O/c1-25-14-12-22(21(27)24-18-8-3-4-9-18)11-6-13-26(20(22)16-25)15-17-7-2-5-10-19(17)23/h2,5,7,10,18,20H,3-4,6,8-9,11-16H2,1H3,(H,24,27)/t20-,22+/m0/s1. The van der Waals surface area contributed by atoms with Gasteiger partial charge in [0.05, 0.1) is 5.41 Å². The molecule has 2 aliphatic heterocycles. The maximum atomic E-state index is 13.5. The Morgan fingerprint density at radius 1 is 1.19 bits per heavy atom. The molecule has 4 rings (SSSR count). The summed E-state index contributed by atoms with van der Waals surface area (Å²) in [5, 5.41) is 4.27. The van der Waals surface area contributed by atoms with Gasteiger partial charge in [0.2, 0.25) is 5.91 Å². The Labute approximate surface area is 168 Å². The maximum absolute atomic E-state index is 13.5. The largest absolute Gasteiger partial charge is 0.353 e. The van der Waals surface area contributed by atoms with Gasteiger partial charge in [-0.05, 0) is 63.9 Å². The Hall–Kier alpha value is -1.10. The van der Waals surface area contributed by atoms with Gasteiger partial charge < -0.3 is 10.2 Å². The van der Waals surface area contributed by atoms with Gasteiger partial charge in [0, 0.05) is 30.2 Å². The number of piperidine rings is 2. The second-order valence-electron chi connectivity index (χ2n) is 8.80. The van der Waals surface area contributed by atoms with Gasteiger partial charge in [-0.1, -0.05) is 42.6 Å². The third kappa shape index (κ3) is 3.90.